The fourth-order valence-corrected chi connectivity index (χ4v) is 1.95. The van der Waals surface area contributed by atoms with Crippen LogP contribution in [-0.4, -0.2) is 37.6 Å². The number of nitrogens with two attached hydrogens (primary N) is 1. The molecule has 1 aromatic carbocycles. The van der Waals surface area contributed by atoms with E-state index in [0.29, 0.717) is 18.9 Å². The first-order valence-electron chi connectivity index (χ1n) is 5.83. The molecule has 1 fully saturated rings. The SMILES string of the molecule is COc1ccc(CC(=O)N2CC(CN)C2)cc1. The Labute approximate surface area is 101 Å². The number of carbonyl (C=O) groups excluding carboxylic acids is 1. The van der Waals surface area contributed by atoms with Crippen molar-refractivity contribution in [1.82, 2.24) is 4.90 Å². The van der Waals surface area contributed by atoms with Crippen molar-refractivity contribution in [1.29, 1.82) is 0 Å². The molecule has 92 valence electrons. The Kier molecular flexibility index (Phi) is 3.64. The molecule has 0 radical (unpaired) electrons. The number of ether oxygens (including phenoxy) is 1. The Morgan fingerprint density at radius 1 is 1.41 bits per heavy atom. The Bertz CT molecular complexity index is 383. The van der Waals surface area contributed by atoms with Gasteiger partial charge in [0, 0.05) is 19.0 Å². The monoisotopic (exact) mass is 234 g/mol. The number of nitrogens with zero attached hydrogens (tertiary/aromatic N) is 1. The molecule has 0 spiro atoms. The van der Waals surface area contributed by atoms with Gasteiger partial charge < -0.3 is 15.4 Å². The van der Waals surface area contributed by atoms with Crippen LogP contribution in [0.25, 0.3) is 0 Å². The summed E-state index contributed by atoms with van der Waals surface area (Å²) >= 11 is 0. The van der Waals surface area contributed by atoms with Crippen molar-refractivity contribution in [2.75, 3.05) is 26.7 Å². The Morgan fingerprint density at radius 2 is 2.06 bits per heavy atom. The second kappa shape index (κ2) is 5.19. The highest BCUT2D eigenvalue weighted by Crippen LogP contribution is 2.17. The van der Waals surface area contributed by atoms with Gasteiger partial charge in [-0.2, -0.15) is 0 Å². The Hall–Kier alpha value is -1.55. The van der Waals surface area contributed by atoms with Gasteiger partial charge in [0.05, 0.1) is 13.5 Å². The second-order valence-corrected chi connectivity index (χ2v) is 4.43. The van der Waals surface area contributed by atoms with Gasteiger partial charge in [-0.25, -0.2) is 0 Å². The lowest BCUT2D eigenvalue weighted by atomic mass is 9.99. The van der Waals surface area contributed by atoms with Crippen LogP contribution in [0.2, 0.25) is 0 Å². The quantitative estimate of drug-likeness (QED) is 0.832. The number of hydrogen-bond donors (Lipinski definition) is 1. The minimum atomic E-state index is 0.180. The molecule has 1 aromatic rings. The Morgan fingerprint density at radius 3 is 2.59 bits per heavy atom. The van der Waals surface area contributed by atoms with Crippen LogP contribution in [0.5, 0.6) is 5.75 Å². The van der Waals surface area contributed by atoms with Gasteiger partial charge in [0.1, 0.15) is 5.75 Å². The van der Waals surface area contributed by atoms with Gasteiger partial charge in [-0.3, -0.25) is 4.79 Å². The van der Waals surface area contributed by atoms with E-state index in [-0.39, 0.29) is 5.91 Å². The summed E-state index contributed by atoms with van der Waals surface area (Å²) in [5.74, 6) is 1.49. The first-order valence-corrected chi connectivity index (χ1v) is 5.83. The molecule has 2 rings (SSSR count). The van der Waals surface area contributed by atoms with Gasteiger partial charge in [-0.1, -0.05) is 12.1 Å². The third-order valence-corrected chi connectivity index (χ3v) is 3.16. The van der Waals surface area contributed by atoms with E-state index in [1.807, 2.05) is 29.2 Å². The zero-order valence-electron chi connectivity index (χ0n) is 10.1. The zero-order chi connectivity index (χ0) is 12.3. The van der Waals surface area contributed by atoms with E-state index in [4.69, 9.17) is 10.5 Å². The average molecular weight is 234 g/mol. The smallest absolute Gasteiger partial charge is 0.227 e. The highest BCUT2D eigenvalue weighted by molar-refractivity contribution is 5.79. The number of rotatable bonds is 4. The molecule has 2 N–H and O–H groups in total. The predicted molar refractivity (Wildman–Crippen MR) is 65.8 cm³/mol. The van der Waals surface area contributed by atoms with Crippen molar-refractivity contribution in [2.24, 2.45) is 11.7 Å². The van der Waals surface area contributed by atoms with E-state index in [1.165, 1.54) is 0 Å². The molecule has 1 amide bonds. The van der Waals surface area contributed by atoms with E-state index in [9.17, 15) is 4.79 Å². The zero-order valence-corrected chi connectivity index (χ0v) is 10.1. The molecule has 1 aliphatic heterocycles. The van der Waals surface area contributed by atoms with Crippen molar-refractivity contribution < 1.29 is 9.53 Å². The number of carbonyl (C=O) groups is 1. The molecule has 0 saturated carbocycles. The number of amides is 1. The molecule has 17 heavy (non-hydrogen) atoms. The fraction of sp³-hybridized carbons (Fsp3) is 0.462. The maximum Gasteiger partial charge on any atom is 0.227 e. The lowest BCUT2D eigenvalue weighted by molar-refractivity contribution is -0.136. The number of benzene rings is 1. The van der Waals surface area contributed by atoms with Crippen LogP contribution in [0.4, 0.5) is 0 Å². The Balaban J connectivity index is 1.86. The summed E-state index contributed by atoms with van der Waals surface area (Å²) < 4.78 is 5.07. The van der Waals surface area contributed by atoms with Gasteiger partial charge in [-0.15, -0.1) is 0 Å². The molecular formula is C13H18N2O2. The van der Waals surface area contributed by atoms with Crippen LogP contribution >= 0.6 is 0 Å². The normalized spacial score (nSPS) is 15.5. The molecule has 0 aromatic heterocycles. The number of hydrogen-bond acceptors (Lipinski definition) is 3. The van der Waals surface area contributed by atoms with Crippen LogP contribution in [0.15, 0.2) is 24.3 Å². The summed E-state index contributed by atoms with van der Waals surface area (Å²) in [7, 11) is 1.63. The van der Waals surface area contributed by atoms with E-state index in [2.05, 4.69) is 0 Å². The van der Waals surface area contributed by atoms with Crippen LogP contribution in [0.1, 0.15) is 5.56 Å². The predicted octanol–water partition coefficient (Wildman–Crippen LogP) is 0.655. The van der Waals surface area contributed by atoms with E-state index in [0.717, 1.165) is 24.4 Å². The molecule has 0 bridgehead atoms. The maximum absolute atomic E-state index is 11.9. The number of likely N-dealkylation sites (tertiary alicyclic amines) is 1. The number of methoxy groups -OCH3 is 1. The molecule has 1 saturated heterocycles. The van der Waals surface area contributed by atoms with Crippen molar-refractivity contribution >= 4 is 5.91 Å². The van der Waals surface area contributed by atoms with Crippen LogP contribution in [-0.2, 0) is 11.2 Å². The summed E-state index contributed by atoms with van der Waals surface area (Å²) in [5.41, 5.74) is 6.55. The van der Waals surface area contributed by atoms with Gasteiger partial charge in [0.25, 0.3) is 0 Å². The molecule has 4 heteroatoms. The highest BCUT2D eigenvalue weighted by Gasteiger charge is 2.28. The highest BCUT2D eigenvalue weighted by atomic mass is 16.5. The fourth-order valence-electron chi connectivity index (χ4n) is 1.95. The average Bonchev–Trinajstić information content (AvgIpc) is 2.28. The largest absolute Gasteiger partial charge is 0.497 e. The van der Waals surface area contributed by atoms with E-state index < -0.39 is 0 Å². The van der Waals surface area contributed by atoms with Gasteiger partial charge in [-0.05, 0) is 24.2 Å². The molecular weight excluding hydrogens is 216 g/mol. The van der Waals surface area contributed by atoms with Gasteiger partial charge >= 0.3 is 0 Å². The molecule has 1 aliphatic rings. The van der Waals surface area contributed by atoms with E-state index in [1.54, 1.807) is 7.11 Å². The van der Waals surface area contributed by atoms with E-state index >= 15 is 0 Å². The van der Waals surface area contributed by atoms with Crippen molar-refractivity contribution in [3.8, 4) is 5.75 Å². The first-order chi connectivity index (χ1) is 8.22. The van der Waals surface area contributed by atoms with Crippen molar-refractivity contribution in [3.05, 3.63) is 29.8 Å². The lowest BCUT2D eigenvalue weighted by Crippen LogP contribution is -2.53. The van der Waals surface area contributed by atoms with Crippen LogP contribution in [0, 0.1) is 5.92 Å². The van der Waals surface area contributed by atoms with Crippen LogP contribution in [0.3, 0.4) is 0 Å². The maximum atomic E-state index is 11.9. The molecule has 0 aliphatic carbocycles. The summed E-state index contributed by atoms with van der Waals surface area (Å²) in [6.45, 7) is 2.29. The minimum Gasteiger partial charge on any atom is -0.497 e. The molecule has 0 atom stereocenters. The lowest BCUT2D eigenvalue weighted by Gasteiger charge is -2.38. The minimum absolute atomic E-state index is 0.180. The molecule has 1 heterocycles. The van der Waals surface area contributed by atoms with Crippen LogP contribution < -0.4 is 10.5 Å². The topological polar surface area (TPSA) is 55.6 Å². The van der Waals surface area contributed by atoms with Crippen molar-refractivity contribution in [3.63, 3.8) is 0 Å². The summed E-state index contributed by atoms with van der Waals surface area (Å²) in [4.78, 5) is 13.7. The molecule has 0 unspecified atom stereocenters. The van der Waals surface area contributed by atoms with Crippen molar-refractivity contribution in [2.45, 2.75) is 6.42 Å². The second-order valence-electron chi connectivity index (χ2n) is 4.43. The third kappa shape index (κ3) is 2.77. The summed E-state index contributed by atoms with van der Waals surface area (Å²) in [5, 5.41) is 0. The van der Waals surface area contributed by atoms with Gasteiger partial charge in [0.2, 0.25) is 5.91 Å². The standard InChI is InChI=1S/C13H18N2O2/c1-17-12-4-2-10(3-5-12)6-13(16)15-8-11(7-14)9-15/h2-5,11H,6-9,14H2,1H3. The summed E-state index contributed by atoms with van der Waals surface area (Å²) in [6, 6.07) is 7.61. The summed E-state index contributed by atoms with van der Waals surface area (Å²) in [6.07, 6.45) is 0.460. The first kappa shape index (κ1) is 11.9. The molecule has 4 nitrogen and oxygen atoms in total. The third-order valence-electron chi connectivity index (χ3n) is 3.16. The van der Waals surface area contributed by atoms with Gasteiger partial charge in [0.15, 0.2) is 0 Å².